The number of unbranched alkanes of at least 4 members (excludes halogenated alkanes) is 1. The molecule has 1 aromatic heterocycles. The number of aromatic nitrogens is 1. The van der Waals surface area contributed by atoms with Crippen LogP contribution in [0.4, 0.5) is 0 Å². The van der Waals surface area contributed by atoms with Gasteiger partial charge >= 0.3 is 0 Å². The summed E-state index contributed by atoms with van der Waals surface area (Å²) < 4.78 is 0. The van der Waals surface area contributed by atoms with Crippen molar-refractivity contribution >= 4 is 0 Å². The number of benzene rings is 2. The normalized spacial score (nSPS) is 10.3. The van der Waals surface area contributed by atoms with Crippen LogP contribution in [0.5, 0.6) is 0 Å². The lowest BCUT2D eigenvalue weighted by atomic mass is 9.98. The molecule has 0 amide bonds. The Kier molecular flexibility index (Phi) is 5.37. The first-order valence-electron chi connectivity index (χ1n) is 8.33. The van der Waals surface area contributed by atoms with Crippen molar-refractivity contribution in [3.8, 4) is 17.2 Å². The second kappa shape index (κ2) is 8.08. The smallest absolute Gasteiger partial charge is 0.0991 e. The van der Waals surface area contributed by atoms with E-state index in [9.17, 15) is 0 Å². The Bertz CT molecular complexity index is 832. The Labute approximate surface area is 143 Å². The van der Waals surface area contributed by atoms with Gasteiger partial charge in [-0.25, -0.2) is 0 Å². The van der Waals surface area contributed by atoms with Crippen molar-refractivity contribution < 1.29 is 0 Å². The average molecular weight is 312 g/mol. The van der Waals surface area contributed by atoms with Gasteiger partial charge < -0.3 is 0 Å². The van der Waals surface area contributed by atoms with E-state index >= 15 is 0 Å². The summed E-state index contributed by atoms with van der Waals surface area (Å²) in [7, 11) is 0. The van der Waals surface area contributed by atoms with Crippen molar-refractivity contribution in [3.63, 3.8) is 0 Å². The molecule has 118 valence electrons. The highest BCUT2D eigenvalue weighted by molar-refractivity contribution is 5.65. The van der Waals surface area contributed by atoms with Gasteiger partial charge in [-0.2, -0.15) is 5.26 Å². The van der Waals surface area contributed by atoms with Crippen molar-refractivity contribution in [3.05, 3.63) is 89.7 Å². The van der Waals surface area contributed by atoms with Crippen LogP contribution in [0.1, 0.15) is 29.5 Å². The molecule has 3 rings (SSSR count). The summed E-state index contributed by atoms with van der Waals surface area (Å²) in [5.74, 6) is 0. The van der Waals surface area contributed by atoms with Crippen molar-refractivity contribution in [1.82, 2.24) is 4.98 Å². The van der Waals surface area contributed by atoms with E-state index in [4.69, 9.17) is 5.26 Å². The third-order valence-electron chi connectivity index (χ3n) is 4.18. The molecule has 0 saturated heterocycles. The minimum Gasteiger partial charge on any atom is -0.265 e. The highest BCUT2D eigenvalue weighted by Crippen LogP contribution is 2.22. The summed E-state index contributed by atoms with van der Waals surface area (Å²) in [6.45, 7) is 0. The van der Waals surface area contributed by atoms with Crippen molar-refractivity contribution in [2.45, 2.75) is 25.7 Å². The van der Waals surface area contributed by atoms with Crippen LogP contribution < -0.4 is 0 Å². The third kappa shape index (κ3) is 4.30. The molecule has 0 saturated carbocycles. The number of pyridine rings is 1. The van der Waals surface area contributed by atoms with Crippen LogP contribution in [-0.2, 0) is 12.8 Å². The van der Waals surface area contributed by atoms with Crippen molar-refractivity contribution in [2.24, 2.45) is 0 Å². The topological polar surface area (TPSA) is 36.7 Å². The van der Waals surface area contributed by atoms with Gasteiger partial charge in [0.25, 0.3) is 0 Å². The maximum absolute atomic E-state index is 9.05. The minimum atomic E-state index is 0.704. The lowest BCUT2D eigenvalue weighted by Crippen LogP contribution is -1.90. The number of nitrogens with zero attached hydrogens (tertiary/aromatic N) is 2. The molecule has 2 nitrogen and oxygen atoms in total. The highest BCUT2D eigenvalue weighted by Gasteiger charge is 2.01. The van der Waals surface area contributed by atoms with Crippen LogP contribution in [0.25, 0.3) is 11.1 Å². The fourth-order valence-corrected chi connectivity index (χ4v) is 2.88. The maximum atomic E-state index is 9.05. The van der Waals surface area contributed by atoms with E-state index in [1.54, 1.807) is 0 Å². The van der Waals surface area contributed by atoms with Gasteiger partial charge in [0.2, 0.25) is 0 Å². The predicted octanol–water partition coefficient (Wildman–Crippen LogP) is 5.19. The zero-order valence-corrected chi connectivity index (χ0v) is 13.7. The van der Waals surface area contributed by atoms with Gasteiger partial charge in [-0.1, -0.05) is 36.4 Å². The molecule has 0 spiro atoms. The summed E-state index contributed by atoms with van der Waals surface area (Å²) in [5, 5.41) is 9.05. The lowest BCUT2D eigenvalue weighted by Gasteiger charge is -2.06. The molecular formula is C22H20N2. The molecule has 0 fully saturated rings. The number of hydrogen-bond donors (Lipinski definition) is 0. The van der Waals surface area contributed by atoms with Crippen LogP contribution in [0, 0.1) is 11.3 Å². The summed E-state index contributed by atoms with van der Waals surface area (Å²) >= 11 is 0. The highest BCUT2D eigenvalue weighted by atomic mass is 14.6. The fourth-order valence-electron chi connectivity index (χ4n) is 2.88. The minimum absolute atomic E-state index is 0.704. The molecule has 2 aromatic carbocycles. The second-order valence-electron chi connectivity index (χ2n) is 5.96. The zero-order chi connectivity index (χ0) is 16.6. The number of nitriles is 1. The average Bonchev–Trinajstić information content (AvgIpc) is 2.66. The summed E-state index contributed by atoms with van der Waals surface area (Å²) in [6, 6.07) is 22.8. The van der Waals surface area contributed by atoms with E-state index in [0.717, 1.165) is 18.4 Å². The SMILES string of the molecule is N#Cc1cccc(-c2cccc(CCCCc3ccncc3)c2)c1. The first-order chi connectivity index (χ1) is 11.8. The first-order valence-corrected chi connectivity index (χ1v) is 8.33. The van der Waals surface area contributed by atoms with E-state index in [2.05, 4.69) is 53.5 Å². The molecule has 0 aliphatic carbocycles. The van der Waals surface area contributed by atoms with Crippen molar-refractivity contribution in [1.29, 1.82) is 5.26 Å². The monoisotopic (exact) mass is 312 g/mol. The molecule has 0 N–H and O–H groups in total. The standard InChI is InChI=1S/C22H20N2/c23-17-20-8-4-10-22(16-20)21-9-3-7-19(15-21)6-2-1-5-18-11-13-24-14-12-18/h3-4,7-16H,1-2,5-6H2. The molecule has 0 aliphatic heterocycles. The fraction of sp³-hybridized carbons (Fsp3) is 0.182. The van der Waals surface area contributed by atoms with Crippen LogP contribution in [0.3, 0.4) is 0 Å². The Hall–Kier alpha value is -2.92. The molecule has 0 radical (unpaired) electrons. The number of aryl methyl sites for hydroxylation is 2. The number of hydrogen-bond acceptors (Lipinski definition) is 2. The largest absolute Gasteiger partial charge is 0.265 e. The second-order valence-corrected chi connectivity index (χ2v) is 5.96. The molecule has 24 heavy (non-hydrogen) atoms. The molecule has 2 heteroatoms. The van der Waals surface area contributed by atoms with Crippen LogP contribution in [0.2, 0.25) is 0 Å². The van der Waals surface area contributed by atoms with Gasteiger partial charge in [-0.05, 0) is 72.2 Å². The van der Waals surface area contributed by atoms with Gasteiger partial charge in [0, 0.05) is 12.4 Å². The molecule has 0 atom stereocenters. The molecule has 3 aromatic rings. The van der Waals surface area contributed by atoms with E-state index in [1.165, 1.54) is 29.5 Å². The Morgan fingerprint density at radius 3 is 2.17 bits per heavy atom. The quantitative estimate of drug-likeness (QED) is 0.588. The Balaban J connectivity index is 1.60. The van der Waals surface area contributed by atoms with E-state index in [1.807, 2.05) is 30.6 Å². The summed E-state index contributed by atoms with van der Waals surface area (Å²) in [6.07, 6.45) is 8.24. The zero-order valence-electron chi connectivity index (χ0n) is 13.7. The van der Waals surface area contributed by atoms with Crippen molar-refractivity contribution in [2.75, 3.05) is 0 Å². The Morgan fingerprint density at radius 1 is 0.750 bits per heavy atom. The van der Waals surface area contributed by atoms with E-state index < -0.39 is 0 Å². The maximum Gasteiger partial charge on any atom is 0.0991 e. The summed E-state index contributed by atoms with van der Waals surface area (Å²) in [5.41, 5.74) is 5.69. The van der Waals surface area contributed by atoms with Crippen LogP contribution >= 0.6 is 0 Å². The van der Waals surface area contributed by atoms with E-state index in [0.29, 0.717) is 5.56 Å². The molecule has 1 heterocycles. The van der Waals surface area contributed by atoms with Crippen LogP contribution in [-0.4, -0.2) is 4.98 Å². The van der Waals surface area contributed by atoms with Gasteiger partial charge in [-0.3, -0.25) is 4.98 Å². The van der Waals surface area contributed by atoms with Gasteiger partial charge in [-0.15, -0.1) is 0 Å². The molecular weight excluding hydrogens is 292 g/mol. The molecule has 0 aliphatic rings. The van der Waals surface area contributed by atoms with E-state index in [-0.39, 0.29) is 0 Å². The van der Waals surface area contributed by atoms with Gasteiger partial charge in [0.1, 0.15) is 0 Å². The van der Waals surface area contributed by atoms with Crippen LogP contribution in [0.15, 0.2) is 73.1 Å². The summed E-state index contributed by atoms with van der Waals surface area (Å²) in [4.78, 5) is 4.05. The third-order valence-corrected chi connectivity index (χ3v) is 4.18. The van der Waals surface area contributed by atoms with Gasteiger partial charge in [0.15, 0.2) is 0 Å². The number of rotatable bonds is 6. The Morgan fingerprint density at radius 2 is 1.42 bits per heavy atom. The first kappa shape index (κ1) is 16.0. The predicted molar refractivity (Wildman–Crippen MR) is 97.5 cm³/mol. The lowest BCUT2D eigenvalue weighted by molar-refractivity contribution is 0.734. The molecule has 0 unspecified atom stereocenters. The molecule has 0 bridgehead atoms. The van der Waals surface area contributed by atoms with Gasteiger partial charge in [0.05, 0.1) is 11.6 Å².